The summed E-state index contributed by atoms with van der Waals surface area (Å²) in [5, 5.41) is 15.6. The highest BCUT2D eigenvalue weighted by molar-refractivity contribution is 5.67. The molecule has 0 heterocycles. The van der Waals surface area contributed by atoms with Crippen molar-refractivity contribution in [3.63, 3.8) is 0 Å². The second kappa shape index (κ2) is 7.84. The largest absolute Gasteiger partial charge is 0.444 e. The van der Waals surface area contributed by atoms with Gasteiger partial charge in [0.1, 0.15) is 5.60 Å². The summed E-state index contributed by atoms with van der Waals surface area (Å²) in [5.41, 5.74) is -0.350. The minimum Gasteiger partial charge on any atom is -0.444 e. The Labute approximate surface area is 122 Å². The average molecular weight is 286 g/mol. The number of hydrogen-bond acceptors (Lipinski definition) is 4. The fourth-order valence-corrected chi connectivity index (χ4v) is 2.59. The molecular weight excluding hydrogens is 256 g/mol. The third-order valence-electron chi connectivity index (χ3n) is 3.70. The van der Waals surface area contributed by atoms with Gasteiger partial charge in [-0.15, -0.1) is 0 Å². The molecule has 1 fully saturated rings. The van der Waals surface area contributed by atoms with E-state index in [2.05, 4.69) is 10.6 Å². The average Bonchev–Trinajstić information content (AvgIpc) is 2.81. The number of aliphatic hydroxyl groups is 1. The number of carbonyl (C=O) groups excluding carboxylic acids is 1. The molecule has 20 heavy (non-hydrogen) atoms. The molecule has 0 aromatic rings. The topological polar surface area (TPSA) is 70.6 Å². The summed E-state index contributed by atoms with van der Waals surface area (Å²) < 4.78 is 5.16. The van der Waals surface area contributed by atoms with Gasteiger partial charge in [-0.1, -0.05) is 12.8 Å². The lowest BCUT2D eigenvalue weighted by Gasteiger charge is -2.26. The highest BCUT2D eigenvalue weighted by Crippen LogP contribution is 2.36. The first-order valence-electron chi connectivity index (χ1n) is 7.65. The zero-order chi connectivity index (χ0) is 15.1. The fourth-order valence-electron chi connectivity index (χ4n) is 2.59. The first-order chi connectivity index (χ1) is 9.37. The van der Waals surface area contributed by atoms with Crippen LogP contribution in [0.5, 0.6) is 0 Å². The van der Waals surface area contributed by atoms with Gasteiger partial charge in [0.2, 0.25) is 0 Å². The Morgan fingerprint density at radius 2 is 1.90 bits per heavy atom. The Kier molecular flexibility index (Phi) is 6.76. The van der Waals surface area contributed by atoms with Crippen molar-refractivity contribution in [1.82, 2.24) is 10.6 Å². The lowest BCUT2D eigenvalue weighted by Crippen LogP contribution is -2.37. The van der Waals surface area contributed by atoms with Crippen LogP contribution in [-0.4, -0.2) is 43.0 Å². The third kappa shape index (κ3) is 6.57. The van der Waals surface area contributed by atoms with Gasteiger partial charge in [-0.25, -0.2) is 4.79 Å². The van der Waals surface area contributed by atoms with Gasteiger partial charge >= 0.3 is 6.09 Å². The number of amides is 1. The maximum Gasteiger partial charge on any atom is 0.407 e. The monoisotopic (exact) mass is 286 g/mol. The molecule has 0 spiro atoms. The first-order valence-corrected chi connectivity index (χ1v) is 7.65. The van der Waals surface area contributed by atoms with Crippen LogP contribution in [0.1, 0.15) is 52.9 Å². The Morgan fingerprint density at radius 1 is 1.25 bits per heavy atom. The van der Waals surface area contributed by atoms with Crippen molar-refractivity contribution < 1.29 is 14.6 Å². The van der Waals surface area contributed by atoms with Gasteiger partial charge in [-0.05, 0) is 46.6 Å². The number of nitrogens with one attached hydrogen (secondary N) is 2. The number of ether oxygens (including phenoxy) is 1. The first kappa shape index (κ1) is 17.2. The molecule has 0 aromatic carbocycles. The van der Waals surface area contributed by atoms with Gasteiger partial charge < -0.3 is 20.5 Å². The summed E-state index contributed by atoms with van der Waals surface area (Å²) in [4.78, 5) is 11.4. The van der Waals surface area contributed by atoms with E-state index in [9.17, 15) is 9.90 Å². The quantitative estimate of drug-likeness (QED) is 0.626. The van der Waals surface area contributed by atoms with Crippen molar-refractivity contribution in [3.8, 4) is 0 Å². The van der Waals surface area contributed by atoms with Gasteiger partial charge in [0.25, 0.3) is 0 Å². The van der Waals surface area contributed by atoms with E-state index in [1.165, 1.54) is 12.8 Å². The van der Waals surface area contributed by atoms with E-state index in [-0.39, 0.29) is 18.1 Å². The minimum atomic E-state index is -0.446. The van der Waals surface area contributed by atoms with Crippen molar-refractivity contribution in [3.05, 3.63) is 0 Å². The summed E-state index contributed by atoms with van der Waals surface area (Å²) in [7, 11) is 0. The van der Waals surface area contributed by atoms with E-state index in [0.29, 0.717) is 6.54 Å². The molecule has 0 bridgehead atoms. The van der Waals surface area contributed by atoms with E-state index in [4.69, 9.17) is 4.74 Å². The van der Waals surface area contributed by atoms with Gasteiger partial charge in [0.15, 0.2) is 0 Å². The Hall–Kier alpha value is -0.810. The zero-order valence-corrected chi connectivity index (χ0v) is 13.1. The Balaban J connectivity index is 2.03. The number of carbonyl (C=O) groups is 1. The molecule has 3 N–H and O–H groups in total. The molecule has 1 rings (SSSR count). The molecule has 0 atom stereocenters. The van der Waals surface area contributed by atoms with E-state index < -0.39 is 5.60 Å². The molecule has 5 nitrogen and oxygen atoms in total. The van der Waals surface area contributed by atoms with E-state index in [0.717, 1.165) is 32.4 Å². The van der Waals surface area contributed by atoms with Crippen LogP contribution in [0.4, 0.5) is 4.79 Å². The van der Waals surface area contributed by atoms with Crippen molar-refractivity contribution in [2.45, 2.75) is 58.5 Å². The molecule has 0 saturated heterocycles. The smallest absolute Gasteiger partial charge is 0.407 e. The van der Waals surface area contributed by atoms with Crippen LogP contribution in [0.25, 0.3) is 0 Å². The van der Waals surface area contributed by atoms with E-state index in [1.807, 2.05) is 20.8 Å². The predicted octanol–water partition coefficient (Wildman–Crippen LogP) is 2.04. The third-order valence-corrected chi connectivity index (χ3v) is 3.70. The molecule has 1 aliphatic carbocycles. The highest BCUT2D eigenvalue weighted by Gasteiger charge is 2.32. The van der Waals surface area contributed by atoms with Gasteiger partial charge in [-0.3, -0.25) is 0 Å². The summed E-state index contributed by atoms with van der Waals surface area (Å²) in [6.45, 7) is 8.15. The van der Waals surface area contributed by atoms with Crippen LogP contribution in [0.2, 0.25) is 0 Å². The standard InChI is InChI=1S/C15H30N2O3/c1-14(2,3)20-13(19)17-10-6-9-16-11-15(12-18)7-4-5-8-15/h16,18H,4-12H2,1-3H3,(H,17,19). The fraction of sp³-hybridized carbons (Fsp3) is 0.933. The SMILES string of the molecule is CC(C)(C)OC(=O)NCCCNCC1(CO)CCCC1. The molecule has 1 aliphatic rings. The number of aliphatic hydroxyl groups excluding tert-OH is 1. The highest BCUT2D eigenvalue weighted by atomic mass is 16.6. The zero-order valence-electron chi connectivity index (χ0n) is 13.1. The number of alkyl carbamates (subject to hydrolysis) is 1. The molecule has 1 saturated carbocycles. The molecule has 0 aliphatic heterocycles. The Bertz CT molecular complexity index is 294. The van der Waals surface area contributed by atoms with Crippen LogP contribution in [0, 0.1) is 5.41 Å². The molecular formula is C15H30N2O3. The van der Waals surface area contributed by atoms with Crippen molar-refractivity contribution in [2.24, 2.45) is 5.41 Å². The number of rotatable bonds is 7. The normalized spacial score (nSPS) is 18.0. The Morgan fingerprint density at radius 3 is 2.45 bits per heavy atom. The maximum atomic E-state index is 11.4. The van der Waals surface area contributed by atoms with Crippen LogP contribution >= 0.6 is 0 Å². The minimum absolute atomic E-state index is 0.0958. The van der Waals surface area contributed by atoms with E-state index >= 15 is 0 Å². The summed E-state index contributed by atoms with van der Waals surface area (Å²) in [5.74, 6) is 0. The van der Waals surface area contributed by atoms with Crippen molar-refractivity contribution in [1.29, 1.82) is 0 Å². The van der Waals surface area contributed by atoms with Crippen molar-refractivity contribution >= 4 is 6.09 Å². The lowest BCUT2D eigenvalue weighted by molar-refractivity contribution is 0.0527. The second-order valence-electron chi connectivity index (χ2n) is 6.82. The molecule has 5 heteroatoms. The second-order valence-corrected chi connectivity index (χ2v) is 6.82. The summed E-state index contributed by atoms with van der Waals surface area (Å²) in [6, 6.07) is 0. The van der Waals surface area contributed by atoms with E-state index in [1.54, 1.807) is 0 Å². The van der Waals surface area contributed by atoms with Gasteiger partial charge in [0, 0.05) is 25.1 Å². The van der Waals surface area contributed by atoms with Crippen LogP contribution in [0.15, 0.2) is 0 Å². The molecule has 0 unspecified atom stereocenters. The van der Waals surface area contributed by atoms with Crippen LogP contribution in [-0.2, 0) is 4.74 Å². The molecule has 1 amide bonds. The molecule has 0 radical (unpaired) electrons. The summed E-state index contributed by atoms with van der Waals surface area (Å²) in [6.07, 6.45) is 5.19. The van der Waals surface area contributed by atoms with Crippen molar-refractivity contribution in [2.75, 3.05) is 26.2 Å². The molecule has 0 aromatic heterocycles. The number of hydrogen-bond donors (Lipinski definition) is 3. The van der Waals surface area contributed by atoms with Gasteiger partial charge in [-0.2, -0.15) is 0 Å². The van der Waals surface area contributed by atoms with Crippen LogP contribution in [0.3, 0.4) is 0 Å². The summed E-state index contributed by atoms with van der Waals surface area (Å²) >= 11 is 0. The van der Waals surface area contributed by atoms with Gasteiger partial charge in [0.05, 0.1) is 0 Å². The maximum absolute atomic E-state index is 11.4. The van der Waals surface area contributed by atoms with Crippen LogP contribution < -0.4 is 10.6 Å². The molecule has 118 valence electrons. The predicted molar refractivity (Wildman–Crippen MR) is 79.7 cm³/mol. The lowest BCUT2D eigenvalue weighted by atomic mass is 9.87.